The van der Waals surface area contributed by atoms with Gasteiger partial charge in [-0.25, -0.2) is 0 Å². The molecule has 1 aliphatic rings. The topological polar surface area (TPSA) is 74.8 Å². The summed E-state index contributed by atoms with van der Waals surface area (Å²) < 4.78 is 5.34. The lowest BCUT2D eigenvalue weighted by Crippen LogP contribution is -2.37. The van der Waals surface area contributed by atoms with Crippen molar-refractivity contribution in [2.45, 2.75) is 52.0 Å². The Balaban J connectivity index is 1.73. The molecule has 1 aromatic rings. The van der Waals surface area contributed by atoms with Crippen molar-refractivity contribution in [1.82, 2.24) is 10.6 Å². The van der Waals surface area contributed by atoms with Gasteiger partial charge in [-0.2, -0.15) is 0 Å². The lowest BCUT2D eigenvalue weighted by molar-refractivity contribution is -0.119. The average Bonchev–Trinajstić information content (AvgIpc) is 3.22. The summed E-state index contributed by atoms with van der Waals surface area (Å²) in [6.07, 6.45) is 6.45. The Morgan fingerprint density at radius 1 is 1.22 bits per heavy atom. The normalized spacial score (nSPS) is 15.0. The minimum absolute atomic E-state index is 0.155. The fourth-order valence-corrected chi connectivity index (χ4v) is 3.28. The molecule has 0 spiro atoms. The van der Waals surface area contributed by atoms with Gasteiger partial charge in [0.25, 0.3) is 0 Å². The minimum atomic E-state index is 0.155. The molecule has 3 N–H and O–H groups in total. The maximum atomic E-state index is 12.3. The number of guanidine groups is 1. The van der Waals surface area contributed by atoms with E-state index in [-0.39, 0.29) is 11.8 Å². The summed E-state index contributed by atoms with van der Waals surface area (Å²) in [6, 6.07) is 8.00. The fraction of sp³-hybridized carbons (Fsp3) is 0.619. The van der Waals surface area contributed by atoms with E-state index in [0.29, 0.717) is 6.54 Å². The molecule has 0 aliphatic heterocycles. The van der Waals surface area contributed by atoms with Gasteiger partial charge < -0.3 is 20.7 Å². The van der Waals surface area contributed by atoms with Crippen LogP contribution in [0.3, 0.4) is 0 Å². The van der Waals surface area contributed by atoms with Crippen LogP contribution < -0.4 is 16.0 Å². The number of unbranched alkanes of at least 4 members (excludes halogenated alkanes) is 1. The monoisotopic (exact) mass is 374 g/mol. The largest absolute Gasteiger partial charge is 0.382 e. The first-order valence-electron chi connectivity index (χ1n) is 10.1. The Kier molecular flexibility index (Phi) is 9.69. The van der Waals surface area contributed by atoms with E-state index in [0.717, 1.165) is 62.7 Å². The quantitative estimate of drug-likeness (QED) is 0.334. The second-order valence-corrected chi connectivity index (χ2v) is 6.93. The molecule has 1 aliphatic carbocycles. The van der Waals surface area contributed by atoms with E-state index in [1.165, 1.54) is 12.8 Å². The number of nitrogens with zero attached hydrogens (tertiary/aromatic N) is 1. The summed E-state index contributed by atoms with van der Waals surface area (Å²) in [6.45, 7) is 5.12. The highest BCUT2D eigenvalue weighted by molar-refractivity contribution is 5.92. The highest BCUT2D eigenvalue weighted by atomic mass is 16.5. The lowest BCUT2D eigenvalue weighted by atomic mass is 10.1. The van der Waals surface area contributed by atoms with Gasteiger partial charge in [-0.1, -0.05) is 25.0 Å². The average molecular weight is 375 g/mol. The summed E-state index contributed by atoms with van der Waals surface area (Å²) in [7, 11) is 1.77. The van der Waals surface area contributed by atoms with Crippen LogP contribution in [0.1, 0.15) is 51.0 Å². The Bertz CT molecular complexity index is 598. The Morgan fingerprint density at radius 2 is 2.04 bits per heavy atom. The molecular weight excluding hydrogens is 340 g/mol. The van der Waals surface area contributed by atoms with Crippen molar-refractivity contribution in [2.75, 3.05) is 32.1 Å². The molecule has 0 radical (unpaired) electrons. The maximum Gasteiger partial charge on any atom is 0.227 e. The number of anilines is 1. The van der Waals surface area contributed by atoms with Crippen LogP contribution in [0.4, 0.5) is 5.69 Å². The van der Waals surface area contributed by atoms with Crippen molar-refractivity contribution in [3.05, 3.63) is 29.8 Å². The molecule has 1 saturated carbocycles. The Labute approximate surface area is 163 Å². The molecule has 1 amide bonds. The number of carbonyl (C=O) groups is 1. The van der Waals surface area contributed by atoms with Gasteiger partial charge in [-0.05, 0) is 50.3 Å². The molecule has 0 bridgehead atoms. The fourth-order valence-electron chi connectivity index (χ4n) is 3.28. The number of nitrogens with one attached hydrogen (secondary N) is 3. The van der Waals surface area contributed by atoms with E-state index < -0.39 is 0 Å². The van der Waals surface area contributed by atoms with Gasteiger partial charge in [-0.15, -0.1) is 0 Å². The van der Waals surface area contributed by atoms with Gasteiger partial charge in [0.2, 0.25) is 5.91 Å². The number of benzene rings is 1. The van der Waals surface area contributed by atoms with Gasteiger partial charge >= 0.3 is 0 Å². The molecule has 27 heavy (non-hydrogen) atoms. The third-order valence-electron chi connectivity index (χ3n) is 4.82. The van der Waals surface area contributed by atoms with Crippen molar-refractivity contribution < 1.29 is 9.53 Å². The molecule has 6 heteroatoms. The zero-order valence-electron chi connectivity index (χ0n) is 16.7. The van der Waals surface area contributed by atoms with Crippen LogP contribution in [-0.2, 0) is 16.1 Å². The van der Waals surface area contributed by atoms with Crippen LogP contribution in [0.2, 0.25) is 0 Å². The molecule has 1 aromatic carbocycles. The van der Waals surface area contributed by atoms with Crippen LogP contribution >= 0.6 is 0 Å². The van der Waals surface area contributed by atoms with Crippen LogP contribution in [-0.4, -0.2) is 38.7 Å². The zero-order chi connectivity index (χ0) is 19.3. The maximum absolute atomic E-state index is 12.3. The molecular formula is C21H34N4O2. The Hall–Kier alpha value is -2.08. The van der Waals surface area contributed by atoms with Crippen LogP contribution in [0, 0.1) is 5.92 Å². The van der Waals surface area contributed by atoms with Crippen molar-refractivity contribution >= 4 is 17.6 Å². The van der Waals surface area contributed by atoms with Gasteiger partial charge in [0.1, 0.15) is 0 Å². The molecule has 0 saturated heterocycles. The van der Waals surface area contributed by atoms with Gasteiger partial charge in [-0.3, -0.25) is 9.79 Å². The van der Waals surface area contributed by atoms with E-state index in [4.69, 9.17) is 4.74 Å². The van der Waals surface area contributed by atoms with Gasteiger partial charge in [0.15, 0.2) is 5.96 Å². The van der Waals surface area contributed by atoms with E-state index in [1.54, 1.807) is 7.05 Å². The number of rotatable bonds is 10. The molecule has 0 aromatic heterocycles. The van der Waals surface area contributed by atoms with E-state index in [2.05, 4.69) is 20.9 Å². The minimum Gasteiger partial charge on any atom is -0.382 e. The molecule has 2 rings (SSSR count). The first-order valence-corrected chi connectivity index (χ1v) is 10.1. The number of hydrogen-bond donors (Lipinski definition) is 3. The molecule has 0 unspecified atom stereocenters. The van der Waals surface area contributed by atoms with E-state index >= 15 is 0 Å². The lowest BCUT2D eigenvalue weighted by Gasteiger charge is -2.14. The summed E-state index contributed by atoms with van der Waals surface area (Å²) in [5.41, 5.74) is 1.98. The standard InChI is InChI=1S/C21H34N4O2/c1-3-27-14-7-6-13-23-21(22-2)24-16-17-9-8-12-19(15-17)25-20(26)18-10-4-5-11-18/h8-9,12,15,18H,3-7,10-11,13-14,16H2,1-2H3,(H,25,26)(H2,22,23,24). The second kappa shape index (κ2) is 12.3. The van der Waals surface area contributed by atoms with Crippen LogP contribution in [0.25, 0.3) is 0 Å². The van der Waals surface area contributed by atoms with Crippen molar-refractivity contribution in [3.8, 4) is 0 Å². The summed E-state index contributed by atoms with van der Waals surface area (Å²) in [4.78, 5) is 16.5. The summed E-state index contributed by atoms with van der Waals surface area (Å²) >= 11 is 0. The number of amides is 1. The summed E-state index contributed by atoms with van der Waals surface area (Å²) in [5.74, 6) is 1.12. The first kappa shape index (κ1) is 21.2. The summed E-state index contributed by atoms with van der Waals surface area (Å²) in [5, 5.41) is 9.69. The number of carbonyl (C=O) groups excluding carboxylic acids is 1. The van der Waals surface area contributed by atoms with Crippen LogP contribution in [0.5, 0.6) is 0 Å². The highest BCUT2D eigenvalue weighted by Crippen LogP contribution is 2.26. The number of ether oxygens (including phenoxy) is 1. The third-order valence-corrected chi connectivity index (χ3v) is 4.82. The smallest absolute Gasteiger partial charge is 0.227 e. The molecule has 150 valence electrons. The molecule has 6 nitrogen and oxygen atoms in total. The SMILES string of the molecule is CCOCCCCNC(=NC)NCc1cccc(NC(=O)C2CCCC2)c1. The predicted molar refractivity (Wildman–Crippen MR) is 111 cm³/mol. The van der Waals surface area contributed by atoms with Crippen molar-refractivity contribution in [3.63, 3.8) is 0 Å². The van der Waals surface area contributed by atoms with Crippen LogP contribution in [0.15, 0.2) is 29.3 Å². The second-order valence-electron chi connectivity index (χ2n) is 6.93. The predicted octanol–water partition coefficient (Wildman–Crippen LogP) is 3.30. The van der Waals surface area contributed by atoms with Gasteiger partial charge in [0.05, 0.1) is 0 Å². The van der Waals surface area contributed by atoms with E-state index in [1.807, 2.05) is 31.2 Å². The third kappa shape index (κ3) is 7.99. The van der Waals surface area contributed by atoms with E-state index in [9.17, 15) is 4.79 Å². The molecule has 0 atom stereocenters. The number of aliphatic imine (C=N–C) groups is 1. The molecule has 1 fully saturated rings. The molecule has 0 heterocycles. The Morgan fingerprint density at radius 3 is 2.78 bits per heavy atom. The number of hydrogen-bond acceptors (Lipinski definition) is 3. The highest BCUT2D eigenvalue weighted by Gasteiger charge is 2.22. The first-order chi connectivity index (χ1) is 13.2. The van der Waals surface area contributed by atoms with Crippen molar-refractivity contribution in [1.29, 1.82) is 0 Å². The van der Waals surface area contributed by atoms with Crippen molar-refractivity contribution in [2.24, 2.45) is 10.9 Å². The zero-order valence-corrected chi connectivity index (χ0v) is 16.7. The van der Waals surface area contributed by atoms with Gasteiger partial charge in [0, 0.05) is 45.0 Å².